The minimum Gasteiger partial charge on any atom is -0.354 e. The molecule has 3 aromatic rings. The first kappa shape index (κ1) is 17.6. The molecule has 1 heterocycles. The first-order valence-electron chi connectivity index (χ1n) is 9.28. The summed E-state index contributed by atoms with van der Waals surface area (Å²) in [5.74, 6) is 0. The Morgan fingerprint density at radius 2 is 1.48 bits per heavy atom. The average Bonchev–Trinajstić information content (AvgIpc) is 2.77. The van der Waals surface area contributed by atoms with Gasteiger partial charge in [0.05, 0.1) is 37.9 Å². The number of fused-ring (bicyclic) bond motifs is 2. The molecule has 5 rings (SSSR count). The fraction of sp³-hybridized carbons (Fsp3) is 0. The molecular weight excluding hydrogens is 424 g/mol. The number of halogens is 1. The van der Waals surface area contributed by atoms with E-state index in [1.165, 1.54) is 0 Å². The lowest BCUT2D eigenvalue weighted by Crippen LogP contribution is -2.16. The van der Waals surface area contributed by atoms with E-state index in [9.17, 15) is 0 Å². The van der Waals surface area contributed by atoms with E-state index in [2.05, 4.69) is 44.0 Å². The van der Waals surface area contributed by atoms with Crippen molar-refractivity contribution in [1.82, 2.24) is 9.55 Å². The quantitative estimate of drug-likeness (QED) is 0.332. The molecule has 2 aliphatic rings. The molecule has 0 saturated heterocycles. The van der Waals surface area contributed by atoms with Crippen molar-refractivity contribution in [3.8, 4) is 17.1 Å². The minimum atomic E-state index is 0.392. The van der Waals surface area contributed by atoms with Crippen LogP contribution in [0.4, 0.5) is 11.4 Å². The van der Waals surface area contributed by atoms with E-state index >= 15 is 0 Å². The third-order valence-electron chi connectivity index (χ3n) is 4.87. The summed E-state index contributed by atoms with van der Waals surface area (Å²) < 4.78 is 2.86. The van der Waals surface area contributed by atoms with Crippen molar-refractivity contribution in [2.24, 2.45) is 0 Å². The van der Waals surface area contributed by atoms with Gasteiger partial charge in [-0.05, 0) is 58.4 Å². The van der Waals surface area contributed by atoms with Gasteiger partial charge in [-0.15, -0.1) is 0 Å². The number of nitrogens with zero attached hydrogens (tertiary/aromatic N) is 2. The molecule has 2 N–H and O–H groups in total. The third-order valence-corrected chi connectivity index (χ3v) is 5.65. The molecule has 140 valence electrons. The second-order valence-electron chi connectivity index (χ2n) is 6.74. The third kappa shape index (κ3) is 3.09. The van der Waals surface area contributed by atoms with Crippen molar-refractivity contribution in [3.63, 3.8) is 0 Å². The summed E-state index contributed by atoms with van der Waals surface area (Å²) >= 11 is 3.69. The Morgan fingerprint density at radius 3 is 2.24 bits per heavy atom. The number of aromatic nitrogens is 2. The van der Waals surface area contributed by atoms with Crippen molar-refractivity contribution in [2.75, 3.05) is 5.32 Å². The lowest BCUT2D eigenvalue weighted by Gasteiger charge is -2.21. The predicted molar refractivity (Wildman–Crippen MR) is 121 cm³/mol. The SMILES string of the molecule is N=c1c(Nc2ccccc2)cc2nc3ccccc3n(-c3ccccc3)c-2c1Br. The molecule has 29 heavy (non-hydrogen) atoms. The van der Waals surface area contributed by atoms with Gasteiger partial charge in [0.25, 0.3) is 0 Å². The Balaban J connectivity index is 1.84. The highest BCUT2D eigenvalue weighted by Gasteiger charge is 2.20. The van der Waals surface area contributed by atoms with Gasteiger partial charge in [-0.25, -0.2) is 4.98 Å². The van der Waals surface area contributed by atoms with Crippen molar-refractivity contribution in [3.05, 3.63) is 101 Å². The number of hydrogen-bond donors (Lipinski definition) is 2. The molecule has 1 aliphatic heterocycles. The van der Waals surface area contributed by atoms with Crippen LogP contribution in [0, 0.1) is 5.41 Å². The molecule has 0 unspecified atom stereocenters. The average molecular weight is 441 g/mol. The molecule has 0 radical (unpaired) electrons. The van der Waals surface area contributed by atoms with E-state index < -0.39 is 0 Å². The van der Waals surface area contributed by atoms with Gasteiger partial charge >= 0.3 is 0 Å². The van der Waals surface area contributed by atoms with Gasteiger partial charge in [0.1, 0.15) is 0 Å². The topological polar surface area (TPSA) is 53.7 Å². The summed E-state index contributed by atoms with van der Waals surface area (Å²) in [6.07, 6.45) is 0. The maximum atomic E-state index is 8.74. The molecule has 0 amide bonds. The molecule has 0 atom stereocenters. The van der Waals surface area contributed by atoms with Crippen LogP contribution in [0.3, 0.4) is 0 Å². The van der Waals surface area contributed by atoms with Crippen LogP contribution in [0.5, 0.6) is 0 Å². The standard InChI is InChI=1S/C24H17BrN4/c25-22-23(26)19(27-16-9-3-1-4-10-16)15-20-24(22)29(17-11-5-2-6-12-17)21-14-8-7-13-18(21)28-20/h1-15,26-27H. The van der Waals surface area contributed by atoms with E-state index in [0.29, 0.717) is 15.5 Å². The van der Waals surface area contributed by atoms with Gasteiger partial charge < -0.3 is 9.88 Å². The van der Waals surface area contributed by atoms with Crippen LogP contribution in [-0.4, -0.2) is 9.55 Å². The smallest absolute Gasteiger partial charge is 0.0939 e. The first-order valence-corrected chi connectivity index (χ1v) is 10.1. The zero-order chi connectivity index (χ0) is 19.8. The Morgan fingerprint density at radius 1 is 0.828 bits per heavy atom. The van der Waals surface area contributed by atoms with Gasteiger partial charge in [0.2, 0.25) is 0 Å². The van der Waals surface area contributed by atoms with Crippen molar-refractivity contribution in [1.29, 1.82) is 5.41 Å². The van der Waals surface area contributed by atoms with E-state index in [1.54, 1.807) is 0 Å². The number of hydrogen-bond acceptors (Lipinski definition) is 3. The normalized spacial score (nSPS) is 11.1. The minimum absolute atomic E-state index is 0.392. The van der Waals surface area contributed by atoms with E-state index in [4.69, 9.17) is 10.4 Å². The van der Waals surface area contributed by atoms with Crippen LogP contribution < -0.4 is 10.7 Å². The van der Waals surface area contributed by atoms with Crippen LogP contribution in [0.2, 0.25) is 0 Å². The van der Waals surface area contributed by atoms with Gasteiger partial charge in [-0.1, -0.05) is 48.5 Å². The molecule has 0 bridgehead atoms. The van der Waals surface area contributed by atoms with Gasteiger partial charge in [-0.2, -0.15) is 0 Å². The summed E-state index contributed by atoms with van der Waals surface area (Å²) in [6.45, 7) is 0. The molecule has 0 saturated carbocycles. The van der Waals surface area contributed by atoms with Crippen LogP contribution in [0.15, 0.2) is 95.5 Å². The van der Waals surface area contributed by atoms with E-state index in [1.807, 2.05) is 72.8 Å². The summed E-state index contributed by atoms with van der Waals surface area (Å²) in [5.41, 5.74) is 6.25. The number of rotatable bonds is 3. The molecule has 0 aromatic heterocycles. The Bertz CT molecular complexity index is 1340. The fourth-order valence-electron chi connectivity index (χ4n) is 3.54. The Labute approximate surface area is 176 Å². The second kappa shape index (κ2) is 7.18. The van der Waals surface area contributed by atoms with Crippen molar-refractivity contribution >= 4 is 38.3 Å². The fourth-order valence-corrected chi connectivity index (χ4v) is 4.14. The second-order valence-corrected chi connectivity index (χ2v) is 7.54. The van der Waals surface area contributed by atoms with Crippen molar-refractivity contribution < 1.29 is 0 Å². The highest BCUT2D eigenvalue weighted by molar-refractivity contribution is 9.10. The van der Waals surface area contributed by atoms with E-state index in [0.717, 1.165) is 33.8 Å². The zero-order valence-corrected chi connectivity index (χ0v) is 17.0. The maximum absolute atomic E-state index is 8.74. The molecule has 3 aromatic carbocycles. The molecule has 5 heteroatoms. The summed E-state index contributed by atoms with van der Waals surface area (Å²) in [6, 6.07) is 30.1. The molecule has 0 fully saturated rings. The number of para-hydroxylation sites is 4. The lowest BCUT2D eigenvalue weighted by atomic mass is 10.1. The van der Waals surface area contributed by atoms with E-state index in [-0.39, 0.29) is 0 Å². The van der Waals surface area contributed by atoms with Crippen LogP contribution in [-0.2, 0) is 0 Å². The van der Waals surface area contributed by atoms with Crippen LogP contribution in [0.25, 0.3) is 28.1 Å². The molecule has 0 spiro atoms. The zero-order valence-electron chi connectivity index (χ0n) is 15.4. The molecule has 4 nitrogen and oxygen atoms in total. The highest BCUT2D eigenvalue weighted by Crippen LogP contribution is 2.34. The van der Waals surface area contributed by atoms with Crippen molar-refractivity contribution in [2.45, 2.75) is 0 Å². The summed E-state index contributed by atoms with van der Waals surface area (Å²) in [4.78, 5) is 4.89. The summed E-state index contributed by atoms with van der Waals surface area (Å²) in [5, 5.41) is 12.5. The molecular formula is C24H17BrN4. The highest BCUT2D eigenvalue weighted by atomic mass is 79.9. The predicted octanol–water partition coefficient (Wildman–Crippen LogP) is 6.12. The van der Waals surface area contributed by atoms with Crippen LogP contribution in [0.1, 0.15) is 0 Å². The molecule has 1 aliphatic carbocycles. The summed E-state index contributed by atoms with van der Waals surface area (Å²) in [7, 11) is 0. The van der Waals surface area contributed by atoms with Gasteiger partial charge in [0.15, 0.2) is 0 Å². The first-order chi connectivity index (χ1) is 14.2. The monoisotopic (exact) mass is 440 g/mol. The lowest BCUT2D eigenvalue weighted by molar-refractivity contribution is 1.06. The van der Waals surface area contributed by atoms with Crippen LogP contribution >= 0.6 is 15.9 Å². The maximum Gasteiger partial charge on any atom is 0.0939 e. The number of anilines is 2. The Kier molecular flexibility index (Phi) is 4.37. The Hall–Kier alpha value is -3.44. The van der Waals surface area contributed by atoms with Gasteiger partial charge in [0, 0.05) is 11.4 Å². The number of nitrogens with one attached hydrogen (secondary N) is 2. The largest absolute Gasteiger partial charge is 0.354 e. The van der Waals surface area contributed by atoms with Gasteiger partial charge in [-0.3, -0.25) is 5.41 Å². The number of benzene rings is 4.